The lowest BCUT2D eigenvalue weighted by Gasteiger charge is -1.96. The molecule has 2 nitrogen and oxygen atoms in total. The minimum atomic E-state index is -0.247. The van der Waals surface area contributed by atoms with E-state index in [1.807, 2.05) is 13.0 Å². The first kappa shape index (κ1) is 9.99. The minimum absolute atomic E-state index is 0.247. The number of esters is 1. The normalized spacial score (nSPS) is 9.69. The lowest BCUT2D eigenvalue weighted by molar-refractivity contribution is 0.0532. The van der Waals surface area contributed by atoms with Gasteiger partial charge in [0, 0.05) is 4.88 Å². The molecule has 0 bridgehead atoms. The molecule has 1 heterocycles. The van der Waals surface area contributed by atoms with Crippen LogP contribution in [0, 0.1) is 6.92 Å². The van der Waals surface area contributed by atoms with Crippen LogP contribution in [0.2, 0.25) is 0 Å². The first-order valence-corrected chi connectivity index (χ1v) is 4.90. The van der Waals surface area contributed by atoms with E-state index in [9.17, 15) is 4.79 Å². The van der Waals surface area contributed by atoms with Crippen LogP contribution >= 0.6 is 11.3 Å². The van der Waals surface area contributed by atoms with Crippen molar-refractivity contribution in [3.63, 3.8) is 0 Å². The Kier molecular flexibility index (Phi) is 3.25. The second-order valence-corrected chi connectivity index (χ2v) is 3.67. The molecule has 1 aromatic rings. The fraction of sp³-hybridized carbons (Fsp3) is 0.300. The Labute approximate surface area is 81.8 Å². The summed E-state index contributed by atoms with van der Waals surface area (Å²) in [7, 11) is 0. The molecule has 0 fully saturated rings. The van der Waals surface area contributed by atoms with E-state index < -0.39 is 0 Å². The van der Waals surface area contributed by atoms with Gasteiger partial charge in [-0.2, -0.15) is 0 Å². The number of ether oxygens (including phenoxy) is 1. The smallest absolute Gasteiger partial charge is 0.348 e. The summed E-state index contributed by atoms with van der Waals surface area (Å²) < 4.78 is 4.88. The number of carbonyl (C=O) groups is 1. The van der Waals surface area contributed by atoms with E-state index in [0.717, 1.165) is 10.4 Å². The summed E-state index contributed by atoms with van der Waals surface area (Å²) in [5.41, 5.74) is 1.07. The molecule has 3 heteroatoms. The van der Waals surface area contributed by atoms with Gasteiger partial charge in [-0.05, 0) is 25.5 Å². The van der Waals surface area contributed by atoms with Gasteiger partial charge in [0.2, 0.25) is 0 Å². The molecule has 0 saturated heterocycles. The average Bonchev–Trinajstić information content (AvgIpc) is 2.47. The molecule has 0 radical (unpaired) electrons. The van der Waals surface area contributed by atoms with Gasteiger partial charge in [0.05, 0.1) is 6.61 Å². The first-order valence-electron chi connectivity index (χ1n) is 4.09. The fourth-order valence-corrected chi connectivity index (χ4v) is 1.92. The number of thiophene rings is 1. The molecule has 13 heavy (non-hydrogen) atoms. The maximum absolute atomic E-state index is 11.3. The predicted octanol–water partition coefficient (Wildman–Crippen LogP) is 2.88. The summed E-state index contributed by atoms with van der Waals surface area (Å²) >= 11 is 1.41. The molecular formula is C10H12O2S. The standard InChI is InChI=1S/C10H12O2S/c1-4-8-7(3)6-9(13-8)10(11)12-5-2/h4,6H,1,5H2,2-3H3. The highest BCUT2D eigenvalue weighted by atomic mass is 32.1. The Hall–Kier alpha value is -1.09. The van der Waals surface area contributed by atoms with Gasteiger partial charge in [-0.25, -0.2) is 4.79 Å². The monoisotopic (exact) mass is 196 g/mol. The van der Waals surface area contributed by atoms with Crippen LogP contribution in [-0.2, 0) is 4.74 Å². The van der Waals surface area contributed by atoms with Crippen molar-refractivity contribution in [2.45, 2.75) is 13.8 Å². The minimum Gasteiger partial charge on any atom is -0.462 e. The summed E-state index contributed by atoms with van der Waals surface area (Å²) in [4.78, 5) is 13.0. The molecule has 70 valence electrons. The van der Waals surface area contributed by atoms with Gasteiger partial charge in [0.25, 0.3) is 0 Å². The largest absolute Gasteiger partial charge is 0.462 e. The van der Waals surface area contributed by atoms with Gasteiger partial charge in [-0.3, -0.25) is 0 Å². The summed E-state index contributed by atoms with van der Waals surface area (Å²) in [6, 6.07) is 1.83. The molecule has 1 rings (SSSR count). The molecule has 0 aliphatic heterocycles. The van der Waals surface area contributed by atoms with Gasteiger partial charge < -0.3 is 4.74 Å². The highest BCUT2D eigenvalue weighted by Crippen LogP contribution is 2.23. The van der Waals surface area contributed by atoms with E-state index in [2.05, 4.69) is 6.58 Å². The molecule has 0 spiro atoms. The second-order valence-electron chi connectivity index (χ2n) is 2.58. The van der Waals surface area contributed by atoms with Crippen molar-refractivity contribution in [2.24, 2.45) is 0 Å². The topological polar surface area (TPSA) is 26.3 Å². The molecule has 0 saturated carbocycles. The van der Waals surface area contributed by atoms with Crippen molar-refractivity contribution in [3.8, 4) is 0 Å². The molecule has 0 amide bonds. The van der Waals surface area contributed by atoms with E-state index >= 15 is 0 Å². The van der Waals surface area contributed by atoms with Gasteiger partial charge in [0.15, 0.2) is 0 Å². The highest BCUT2D eigenvalue weighted by molar-refractivity contribution is 7.15. The maximum Gasteiger partial charge on any atom is 0.348 e. The van der Waals surface area contributed by atoms with Crippen LogP contribution in [0.25, 0.3) is 6.08 Å². The zero-order chi connectivity index (χ0) is 9.84. The van der Waals surface area contributed by atoms with Crippen molar-refractivity contribution in [3.05, 3.63) is 28.0 Å². The van der Waals surface area contributed by atoms with Gasteiger partial charge in [-0.1, -0.05) is 12.7 Å². The van der Waals surface area contributed by atoms with Gasteiger partial charge in [-0.15, -0.1) is 11.3 Å². The van der Waals surface area contributed by atoms with Crippen molar-refractivity contribution in [2.75, 3.05) is 6.61 Å². The third kappa shape index (κ3) is 2.18. The Morgan fingerprint density at radius 1 is 1.77 bits per heavy atom. The lowest BCUT2D eigenvalue weighted by Crippen LogP contribution is -2.01. The number of aryl methyl sites for hydroxylation is 1. The lowest BCUT2D eigenvalue weighted by atomic mass is 10.2. The van der Waals surface area contributed by atoms with Crippen molar-refractivity contribution < 1.29 is 9.53 Å². The van der Waals surface area contributed by atoms with Crippen molar-refractivity contribution >= 4 is 23.4 Å². The first-order chi connectivity index (χ1) is 6.19. The summed E-state index contributed by atoms with van der Waals surface area (Å²) in [5.74, 6) is -0.247. The van der Waals surface area contributed by atoms with Crippen LogP contribution in [0.3, 0.4) is 0 Å². The zero-order valence-electron chi connectivity index (χ0n) is 7.79. The maximum atomic E-state index is 11.3. The molecule has 0 N–H and O–H groups in total. The van der Waals surface area contributed by atoms with E-state index in [-0.39, 0.29) is 5.97 Å². The third-order valence-corrected chi connectivity index (χ3v) is 2.83. The molecule has 1 aromatic heterocycles. The Morgan fingerprint density at radius 2 is 2.46 bits per heavy atom. The van der Waals surface area contributed by atoms with E-state index in [4.69, 9.17) is 4.74 Å². The van der Waals surface area contributed by atoms with Crippen LogP contribution in [0.4, 0.5) is 0 Å². The molecule has 0 aliphatic rings. The fourth-order valence-electron chi connectivity index (χ4n) is 1.00. The molecule has 0 unspecified atom stereocenters. The summed E-state index contributed by atoms with van der Waals surface area (Å²) in [6.45, 7) is 7.84. The Balaban J connectivity index is 2.90. The third-order valence-electron chi connectivity index (χ3n) is 1.62. The van der Waals surface area contributed by atoms with Crippen molar-refractivity contribution in [1.82, 2.24) is 0 Å². The van der Waals surface area contributed by atoms with Crippen LogP contribution in [-0.4, -0.2) is 12.6 Å². The van der Waals surface area contributed by atoms with Gasteiger partial charge >= 0.3 is 5.97 Å². The zero-order valence-corrected chi connectivity index (χ0v) is 8.61. The molecule has 0 aromatic carbocycles. The predicted molar refractivity (Wildman–Crippen MR) is 55.1 cm³/mol. The van der Waals surface area contributed by atoms with Crippen LogP contribution in [0.15, 0.2) is 12.6 Å². The number of carbonyl (C=O) groups excluding carboxylic acids is 1. The number of rotatable bonds is 3. The van der Waals surface area contributed by atoms with Crippen LogP contribution in [0.1, 0.15) is 27.0 Å². The Bertz CT molecular complexity index is 326. The quantitative estimate of drug-likeness (QED) is 0.695. The van der Waals surface area contributed by atoms with E-state index in [1.165, 1.54) is 11.3 Å². The van der Waals surface area contributed by atoms with Crippen LogP contribution in [0.5, 0.6) is 0 Å². The highest BCUT2D eigenvalue weighted by Gasteiger charge is 2.11. The summed E-state index contributed by atoms with van der Waals surface area (Å²) in [5, 5.41) is 0. The molecular weight excluding hydrogens is 184 g/mol. The molecule has 0 aliphatic carbocycles. The molecule has 0 atom stereocenters. The Morgan fingerprint density at radius 3 is 2.92 bits per heavy atom. The van der Waals surface area contributed by atoms with Crippen LogP contribution < -0.4 is 0 Å². The van der Waals surface area contributed by atoms with E-state index in [1.54, 1.807) is 13.0 Å². The second kappa shape index (κ2) is 4.23. The van der Waals surface area contributed by atoms with E-state index in [0.29, 0.717) is 11.5 Å². The van der Waals surface area contributed by atoms with Gasteiger partial charge in [0.1, 0.15) is 4.88 Å². The van der Waals surface area contributed by atoms with Crippen molar-refractivity contribution in [1.29, 1.82) is 0 Å². The number of hydrogen-bond acceptors (Lipinski definition) is 3. The number of hydrogen-bond donors (Lipinski definition) is 0. The average molecular weight is 196 g/mol. The SMILES string of the molecule is C=Cc1sc(C(=O)OCC)cc1C. The summed E-state index contributed by atoms with van der Waals surface area (Å²) in [6.07, 6.45) is 1.75.